The fourth-order valence-electron chi connectivity index (χ4n) is 3.85. The normalized spacial score (nSPS) is 15.3. The summed E-state index contributed by atoms with van der Waals surface area (Å²) in [5.41, 5.74) is 1.61. The van der Waals surface area contributed by atoms with Crippen LogP contribution in [-0.4, -0.2) is 46.1 Å². The van der Waals surface area contributed by atoms with Crippen molar-refractivity contribution in [3.8, 4) is 5.75 Å². The maximum absolute atomic E-state index is 6.32. The van der Waals surface area contributed by atoms with Gasteiger partial charge in [-0.05, 0) is 61.6 Å². The molecule has 1 saturated heterocycles. The van der Waals surface area contributed by atoms with Crippen molar-refractivity contribution in [2.45, 2.75) is 12.8 Å². The highest BCUT2D eigenvalue weighted by Crippen LogP contribution is 2.23. The number of anilines is 1. The van der Waals surface area contributed by atoms with Crippen LogP contribution in [0.4, 0.5) is 5.95 Å². The van der Waals surface area contributed by atoms with Crippen molar-refractivity contribution in [2.24, 2.45) is 0 Å². The molecule has 7 heteroatoms. The molecule has 2 aliphatic rings. The van der Waals surface area contributed by atoms with E-state index in [2.05, 4.69) is 37.3 Å². The summed E-state index contributed by atoms with van der Waals surface area (Å²) in [6.07, 6.45) is 4.26. The summed E-state index contributed by atoms with van der Waals surface area (Å²) in [4.78, 5) is 14.9. The summed E-state index contributed by atoms with van der Waals surface area (Å²) >= 11 is 6.32. The molecule has 0 saturated carbocycles. The molecule has 0 spiro atoms. The van der Waals surface area contributed by atoms with E-state index in [1.807, 2.05) is 42.5 Å². The molecule has 1 fully saturated rings. The van der Waals surface area contributed by atoms with E-state index in [1.165, 1.54) is 25.9 Å². The lowest BCUT2D eigenvalue weighted by Crippen LogP contribution is -2.25. The topological polar surface area (TPSA) is 66.1 Å². The van der Waals surface area contributed by atoms with Crippen molar-refractivity contribution < 1.29 is 4.74 Å². The van der Waals surface area contributed by atoms with Gasteiger partial charge in [0.25, 0.3) is 0 Å². The highest BCUT2D eigenvalue weighted by atomic mass is 35.5. The average molecular weight is 434 g/mol. The lowest BCUT2D eigenvalue weighted by atomic mass is 10.2. The Hall–Kier alpha value is -3.09. The van der Waals surface area contributed by atoms with E-state index in [4.69, 9.17) is 16.3 Å². The Morgan fingerprint density at radius 3 is 2.74 bits per heavy atom. The second-order valence-corrected chi connectivity index (χ2v) is 8.14. The third-order valence-corrected chi connectivity index (χ3v) is 5.75. The minimum Gasteiger partial charge on any atom is -0.492 e. The van der Waals surface area contributed by atoms with E-state index in [-0.39, 0.29) is 0 Å². The molecule has 3 heterocycles. The van der Waals surface area contributed by atoms with Crippen LogP contribution >= 0.6 is 11.6 Å². The molecule has 31 heavy (non-hydrogen) atoms. The van der Waals surface area contributed by atoms with Crippen molar-refractivity contribution >= 4 is 44.4 Å². The molecule has 3 aromatic rings. The number of halogens is 1. The predicted molar refractivity (Wildman–Crippen MR) is 126 cm³/mol. The molecule has 2 aliphatic heterocycles. The minimum atomic E-state index is 0.497. The smallest absolute Gasteiger partial charge is 0.206 e. The molecule has 0 aliphatic carbocycles. The number of benzene rings is 2. The summed E-state index contributed by atoms with van der Waals surface area (Å²) in [6, 6.07) is 18.1. The van der Waals surface area contributed by atoms with Crippen molar-refractivity contribution in [3.05, 3.63) is 66.6 Å². The van der Waals surface area contributed by atoms with Crippen LogP contribution in [0.2, 0.25) is 0 Å². The first-order valence-electron chi connectivity index (χ1n) is 10.6. The number of nitrogens with one attached hydrogen (secondary N) is 2. The number of aromatic nitrogens is 3. The first-order chi connectivity index (χ1) is 15.2. The fourth-order valence-corrected chi connectivity index (χ4v) is 3.99. The summed E-state index contributed by atoms with van der Waals surface area (Å²) in [7, 11) is 0. The summed E-state index contributed by atoms with van der Waals surface area (Å²) in [5, 5.41) is 5.60. The minimum absolute atomic E-state index is 0.497. The zero-order valence-corrected chi connectivity index (χ0v) is 17.9. The average Bonchev–Trinajstić information content (AvgIpc) is 3.29. The summed E-state index contributed by atoms with van der Waals surface area (Å²) in [5.74, 6) is 1.98. The fraction of sp³-hybridized carbons (Fsp3) is 0.250. The first kappa shape index (κ1) is 19.8. The zero-order chi connectivity index (χ0) is 21.0. The molecular weight excluding hydrogens is 410 g/mol. The Morgan fingerprint density at radius 1 is 0.968 bits per heavy atom. The van der Waals surface area contributed by atoms with Gasteiger partial charge in [-0.2, -0.15) is 0 Å². The maximum atomic E-state index is 6.32. The first-order valence-corrected chi connectivity index (χ1v) is 11.0. The van der Waals surface area contributed by atoms with Crippen LogP contribution in [0.15, 0.2) is 60.8 Å². The number of hydrogen-bond acceptors (Lipinski definition) is 5. The van der Waals surface area contributed by atoms with Gasteiger partial charge in [-0.3, -0.25) is 4.90 Å². The standard InChI is InChI=1S/C24H24ClN5O/c25-21-16-26-24-28-20-8-9-22(31-13-12-30-10-1-2-11-30)18(15-20)7-6-17-4-3-5-19(14-17)27-23(21)29-24/h3-9,14-16H,1-2,10-13H2,(H2,26,27,28,29). The van der Waals surface area contributed by atoms with Gasteiger partial charge in [0.2, 0.25) is 5.95 Å². The van der Waals surface area contributed by atoms with E-state index in [0.29, 0.717) is 23.4 Å². The Labute approximate surface area is 185 Å². The van der Waals surface area contributed by atoms with Crippen LogP contribution in [0.1, 0.15) is 18.7 Å². The number of ether oxygens (including phenoxy) is 1. The lowest BCUT2D eigenvalue weighted by molar-refractivity contribution is 0.239. The third-order valence-electron chi connectivity index (χ3n) is 5.46. The van der Waals surface area contributed by atoms with Gasteiger partial charge < -0.3 is 15.0 Å². The zero-order valence-electron chi connectivity index (χ0n) is 17.1. The van der Waals surface area contributed by atoms with Gasteiger partial charge in [0.15, 0.2) is 5.82 Å². The Balaban J connectivity index is 1.59. The number of hydrogen-bond donors (Lipinski definition) is 2. The maximum Gasteiger partial charge on any atom is 0.206 e. The summed E-state index contributed by atoms with van der Waals surface area (Å²) < 4.78 is 6.16. The van der Waals surface area contributed by atoms with Crippen LogP contribution < -0.4 is 10.1 Å². The number of rotatable bonds is 4. The van der Waals surface area contributed by atoms with Gasteiger partial charge in [-0.1, -0.05) is 35.9 Å². The van der Waals surface area contributed by atoms with Gasteiger partial charge in [-0.25, -0.2) is 9.97 Å². The number of H-pyrrole nitrogens is 1. The molecule has 6 bridgehead atoms. The highest BCUT2D eigenvalue weighted by Gasteiger charge is 2.11. The van der Waals surface area contributed by atoms with Gasteiger partial charge in [0.05, 0.1) is 16.1 Å². The van der Waals surface area contributed by atoms with Crippen LogP contribution in [0.25, 0.3) is 26.8 Å². The van der Waals surface area contributed by atoms with E-state index in [0.717, 1.165) is 34.1 Å². The monoisotopic (exact) mass is 433 g/mol. The van der Waals surface area contributed by atoms with Crippen LogP contribution in [-0.2, 0) is 0 Å². The largest absolute Gasteiger partial charge is 0.492 e. The molecule has 0 amide bonds. The molecule has 2 aromatic carbocycles. The van der Waals surface area contributed by atoms with Crippen molar-refractivity contribution in [3.63, 3.8) is 0 Å². The quantitative estimate of drug-likeness (QED) is 0.589. The number of likely N-dealkylation sites (tertiary alicyclic amines) is 1. The van der Waals surface area contributed by atoms with Gasteiger partial charge >= 0.3 is 0 Å². The number of fused-ring (bicyclic) bond motifs is 6. The van der Waals surface area contributed by atoms with E-state index >= 15 is 0 Å². The molecule has 0 radical (unpaired) electrons. The van der Waals surface area contributed by atoms with Crippen LogP contribution in [0, 0.1) is 0 Å². The number of aromatic amines is 1. The van der Waals surface area contributed by atoms with Crippen molar-refractivity contribution in [1.29, 1.82) is 0 Å². The van der Waals surface area contributed by atoms with Gasteiger partial charge in [-0.15, -0.1) is 0 Å². The molecular formula is C24H24ClN5O. The molecule has 158 valence electrons. The Morgan fingerprint density at radius 2 is 1.84 bits per heavy atom. The lowest BCUT2D eigenvalue weighted by Gasteiger charge is -2.15. The van der Waals surface area contributed by atoms with E-state index in [1.54, 1.807) is 6.20 Å². The van der Waals surface area contributed by atoms with Gasteiger partial charge in [0, 0.05) is 18.1 Å². The number of nitrogens with zero attached hydrogens (tertiary/aromatic N) is 3. The van der Waals surface area contributed by atoms with E-state index < -0.39 is 0 Å². The molecule has 2 N–H and O–H groups in total. The van der Waals surface area contributed by atoms with Crippen molar-refractivity contribution in [2.75, 3.05) is 31.6 Å². The molecule has 0 atom stereocenters. The summed E-state index contributed by atoms with van der Waals surface area (Å²) in [6.45, 7) is 3.97. The SMILES string of the molecule is ClC1=CNc2nc3ccc(OCCN4CCCC4)c(ccc4cccc(c4)nc1[nH]2)c3. The second kappa shape index (κ2) is 8.96. The molecule has 5 rings (SSSR count). The van der Waals surface area contributed by atoms with Crippen LogP contribution in [0.3, 0.4) is 0 Å². The molecule has 6 nitrogen and oxygen atoms in total. The van der Waals surface area contributed by atoms with E-state index in [9.17, 15) is 0 Å². The third kappa shape index (κ3) is 4.81. The predicted octanol–water partition coefficient (Wildman–Crippen LogP) is 5.24. The molecule has 1 aromatic heterocycles. The van der Waals surface area contributed by atoms with Crippen molar-refractivity contribution in [1.82, 2.24) is 19.9 Å². The van der Waals surface area contributed by atoms with Gasteiger partial charge in [0.1, 0.15) is 12.4 Å². The Kier molecular flexibility index (Phi) is 5.74. The second-order valence-electron chi connectivity index (χ2n) is 7.73. The Bertz CT molecular complexity index is 1230. The molecule has 0 unspecified atom stereocenters. The van der Waals surface area contributed by atoms with Crippen LogP contribution in [0.5, 0.6) is 5.75 Å². The highest BCUT2D eigenvalue weighted by molar-refractivity contribution is 6.48.